The number of carbonyl (C=O) groups is 1. The molecular weight excluding hydrogens is 687 g/mol. The number of carbonyl (C=O) groups excluding carboxylic acids is 1. The molecule has 1 amide bonds. The predicted octanol–water partition coefficient (Wildman–Crippen LogP) is 9.24. The van der Waals surface area contributed by atoms with Crippen LogP contribution in [0.5, 0.6) is 17.2 Å². The van der Waals surface area contributed by atoms with Crippen molar-refractivity contribution >= 4 is 45.5 Å². The highest BCUT2D eigenvalue weighted by atomic mass is 28.5. The topological polar surface area (TPSA) is 116 Å². The van der Waals surface area contributed by atoms with Gasteiger partial charge in [0.15, 0.2) is 28.1 Å². The molecule has 3 aromatic carbocycles. The highest BCUT2D eigenvalue weighted by Crippen LogP contribution is 2.30. The van der Waals surface area contributed by atoms with Crippen molar-refractivity contribution in [3.8, 4) is 17.2 Å². The predicted molar refractivity (Wildman–Crippen MR) is 207 cm³/mol. The van der Waals surface area contributed by atoms with Gasteiger partial charge in [-0.05, 0) is 145 Å². The van der Waals surface area contributed by atoms with E-state index in [0.717, 1.165) is 54.5 Å². The third-order valence-corrected chi connectivity index (χ3v) is 23.5. The molecule has 0 heterocycles. The molecule has 0 aliphatic heterocycles. The first-order chi connectivity index (χ1) is 22.8. The molecule has 3 aromatic rings. The Morgan fingerprint density at radius 1 is 0.714 bits per heavy atom. The van der Waals surface area contributed by atoms with Gasteiger partial charge in [0.2, 0.25) is 0 Å². The molecule has 9 nitrogen and oxygen atoms in total. The van der Waals surface area contributed by atoms with E-state index in [9.17, 15) is 15.0 Å². The number of anilines is 1. The number of aliphatic hydroxyl groups is 1. The summed E-state index contributed by atoms with van der Waals surface area (Å²) in [5.74, 6) is 1.00. The van der Waals surface area contributed by atoms with Gasteiger partial charge in [0.1, 0.15) is 5.75 Å². The number of amides is 1. The van der Waals surface area contributed by atoms with Gasteiger partial charge in [-0.3, -0.25) is 5.32 Å². The maximum Gasteiger partial charge on any atom is 0.417 e. The van der Waals surface area contributed by atoms with Crippen molar-refractivity contribution in [2.75, 3.05) is 12.4 Å². The maximum absolute atomic E-state index is 12.4. The van der Waals surface area contributed by atoms with Crippen molar-refractivity contribution in [3.05, 3.63) is 82.9 Å². The molecule has 0 fully saturated rings. The Labute approximate surface area is 297 Å². The van der Waals surface area contributed by atoms with E-state index in [0.29, 0.717) is 22.7 Å². The summed E-state index contributed by atoms with van der Waals surface area (Å²) in [6.45, 7) is 19.3. The minimum Gasteiger partial charge on any atom is -0.504 e. The van der Waals surface area contributed by atoms with E-state index in [2.05, 4.69) is 57.7 Å². The molecule has 0 unspecified atom stereocenters. The number of rotatable bonds is 18. The molecule has 0 aliphatic rings. The van der Waals surface area contributed by atoms with Crippen molar-refractivity contribution in [3.63, 3.8) is 0 Å². The van der Waals surface area contributed by atoms with Gasteiger partial charge in [-0.2, -0.15) is 0 Å². The molecular formula is C36H57NO8Si4. The van der Waals surface area contributed by atoms with Crippen LogP contribution in [-0.4, -0.2) is 57.2 Å². The number of aliphatic hydroxyl groups excluding tert-OH is 1. The summed E-state index contributed by atoms with van der Waals surface area (Å²) >= 11 is 0. The highest BCUT2D eigenvalue weighted by Gasteiger charge is 2.43. The van der Waals surface area contributed by atoms with Crippen LogP contribution in [0.4, 0.5) is 10.5 Å². The summed E-state index contributed by atoms with van der Waals surface area (Å²) in [4.78, 5) is 12.4. The number of phenols is 1. The zero-order valence-electron chi connectivity index (χ0n) is 31.1. The fraction of sp³-hybridized carbons (Fsp3) is 0.472. The Hall–Kier alpha value is -2.76. The number of aryl methyl sites for hydroxylation is 3. The number of nitrogens with one attached hydrogen (secondary N) is 1. The molecule has 13 heteroatoms. The lowest BCUT2D eigenvalue weighted by molar-refractivity contribution is 0.212. The SMILES string of the molecule is COc1cc(CCC[Si](C)(C)O[Si](C)(C)O[Si](C)(C)O[Si](C)(C)CCCc2ccc(OC(=O)Nc3ccc(C)cc3)c(CO)c2)ccc1O. The minimum absolute atomic E-state index is 0.157. The van der Waals surface area contributed by atoms with Gasteiger partial charge in [-0.25, -0.2) is 4.79 Å². The highest BCUT2D eigenvalue weighted by molar-refractivity contribution is 6.89. The van der Waals surface area contributed by atoms with Crippen LogP contribution in [0.1, 0.15) is 35.1 Å². The second-order valence-electron chi connectivity index (χ2n) is 14.8. The average Bonchev–Trinajstić information content (AvgIpc) is 2.97. The average molecular weight is 744 g/mol. The van der Waals surface area contributed by atoms with Gasteiger partial charge in [-0.1, -0.05) is 29.8 Å². The fourth-order valence-electron chi connectivity index (χ4n) is 6.27. The number of hydrogen-bond donors (Lipinski definition) is 3. The Balaban J connectivity index is 1.47. The lowest BCUT2D eigenvalue weighted by Gasteiger charge is -2.41. The number of methoxy groups -OCH3 is 1. The number of aromatic hydroxyl groups is 1. The van der Waals surface area contributed by atoms with Gasteiger partial charge >= 0.3 is 23.2 Å². The van der Waals surface area contributed by atoms with Crippen LogP contribution < -0.4 is 14.8 Å². The summed E-state index contributed by atoms with van der Waals surface area (Å²) in [5, 5.41) is 22.6. The molecule has 0 spiro atoms. The van der Waals surface area contributed by atoms with Crippen LogP contribution in [-0.2, 0) is 31.8 Å². The van der Waals surface area contributed by atoms with Gasteiger partial charge in [0.05, 0.1) is 13.7 Å². The first kappa shape index (κ1) is 40.7. The van der Waals surface area contributed by atoms with Crippen molar-refractivity contribution in [2.45, 2.75) is 104 Å². The Kier molecular flexibility index (Phi) is 14.5. The lowest BCUT2D eigenvalue weighted by Crippen LogP contribution is -2.56. The smallest absolute Gasteiger partial charge is 0.417 e. The number of phenolic OH excluding ortho intramolecular Hbond substituents is 1. The van der Waals surface area contributed by atoms with Gasteiger partial charge in [0.25, 0.3) is 0 Å². The molecule has 3 rings (SSSR count). The lowest BCUT2D eigenvalue weighted by atomic mass is 10.1. The van der Waals surface area contributed by atoms with E-state index in [1.165, 1.54) is 0 Å². The summed E-state index contributed by atoms with van der Waals surface area (Å²) in [5.41, 5.74) is 4.53. The largest absolute Gasteiger partial charge is 0.504 e. The quantitative estimate of drug-likeness (QED) is 0.111. The Bertz CT molecular complexity index is 1530. The number of benzene rings is 3. The summed E-state index contributed by atoms with van der Waals surface area (Å²) in [6, 6.07) is 20.6. The van der Waals surface area contributed by atoms with Crippen LogP contribution in [0.2, 0.25) is 64.5 Å². The molecule has 0 atom stereocenters. The van der Waals surface area contributed by atoms with Crippen molar-refractivity contribution in [1.29, 1.82) is 0 Å². The van der Waals surface area contributed by atoms with E-state index in [-0.39, 0.29) is 12.4 Å². The van der Waals surface area contributed by atoms with E-state index in [1.54, 1.807) is 19.2 Å². The first-order valence-electron chi connectivity index (χ1n) is 17.1. The third-order valence-electron chi connectivity index (χ3n) is 8.06. The molecule has 0 bridgehead atoms. The molecule has 0 aromatic heterocycles. The minimum atomic E-state index is -2.48. The Morgan fingerprint density at radius 3 is 1.78 bits per heavy atom. The van der Waals surface area contributed by atoms with Crippen LogP contribution in [0.15, 0.2) is 60.7 Å². The van der Waals surface area contributed by atoms with Gasteiger partial charge < -0.3 is 32.0 Å². The van der Waals surface area contributed by atoms with E-state index in [4.69, 9.17) is 21.8 Å². The number of ether oxygens (including phenoxy) is 2. The fourth-order valence-corrected chi connectivity index (χ4v) is 25.6. The van der Waals surface area contributed by atoms with Gasteiger partial charge in [0, 0.05) is 11.3 Å². The zero-order chi connectivity index (χ0) is 36.5. The van der Waals surface area contributed by atoms with Crippen molar-refractivity contribution in [1.82, 2.24) is 0 Å². The van der Waals surface area contributed by atoms with E-state index in [1.807, 2.05) is 55.5 Å². The van der Waals surface area contributed by atoms with Crippen molar-refractivity contribution in [2.24, 2.45) is 0 Å². The molecule has 0 aliphatic carbocycles. The molecule has 0 radical (unpaired) electrons. The standard InChI is InChI=1S/C36H57NO8Si4/c1-28-15-19-32(20-16-28)37-36(40)42-34-22-18-29(25-31(34)27-38)13-11-23-46(3,4)43-48(7,8)45-49(9,10)44-47(5,6)24-12-14-30-17-21-33(39)35(26-30)41-2/h15-22,25-26,38-39H,11-14,23-24,27H2,1-10H3,(H,37,40). The molecule has 3 N–H and O–H groups in total. The molecule has 270 valence electrons. The van der Waals surface area contributed by atoms with Gasteiger partial charge in [-0.15, -0.1) is 0 Å². The van der Waals surface area contributed by atoms with Crippen LogP contribution in [0.25, 0.3) is 0 Å². The first-order valence-corrected chi connectivity index (χ1v) is 28.9. The maximum atomic E-state index is 12.4. The summed E-state index contributed by atoms with van der Waals surface area (Å²) in [7, 11) is -7.42. The summed E-state index contributed by atoms with van der Waals surface area (Å²) < 4.78 is 31.2. The van der Waals surface area contributed by atoms with Crippen LogP contribution in [0, 0.1) is 6.92 Å². The van der Waals surface area contributed by atoms with Crippen LogP contribution in [0.3, 0.4) is 0 Å². The second kappa shape index (κ2) is 17.4. The van der Waals surface area contributed by atoms with Crippen molar-refractivity contribution < 1.29 is 36.8 Å². The van der Waals surface area contributed by atoms with Crippen LogP contribution >= 0.6 is 0 Å². The third kappa shape index (κ3) is 14.2. The van der Waals surface area contributed by atoms with E-state index >= 15 is 0 Å². The zero-order valence-corrected chi connectivity index (χ0v) is 35.1. The molecule has 0 saturated heterocycles. The van der Waals surface area contributed by atoms with E-state index < -0.39 is 39.8 Å². The monoisotopic (exact) mass is 743 g/mol. The molecule has 0 saturated carbocycles. The Morgan fingerprint density at radius 2 is 1.24 bits per heavy atom. The normalized spacial score (nSPS) is 12.6. The number of hydrogen-bond acceptors (Lipinski definition) is 8. The summed E-state index contributed by atoms with van der Waals surface area (Å²) in [6.07, 6.45) is 3.05. The molecule has 49 heavy (non-hydrogen) atoms. The second-order valence-corrected chi connectivity index (χ2v) is 30.9.